The van der Waals surface area contributed by atoms with Crippen molar-refractivity contribution in [3.63, 3.8) is 0 Å². The predicted octanol–water partition coefficient (Wildman–Crippen LogP) is -0.171. The summed E-state index contributed by atoms with van der Waals surface area (Å²) in [4.78, 5) is 48.2. The van der Waals surface area contributed by atoms with Gasteiger partial charge in [0.1, 0.15) is 11.2 Å². The number of allylic oxidation sites excluding steroid dienone is 2. The number of esters is 2. The summed E-state index contributed by atoms with van der Waals surface area (Å²) in [7, 11) is 2.42. The van der Waals surface area contributed by atoms with E-state index >= 15 is 0 Å². The number of rotatable bonds is 2. The summed E-state index contributed by atoms with van der Waals surface area (Å²) in [5.74, 6) is -4.50. The second kappa shape index (κ2) is 3.88. The standard InChI is InChI=1S/C14H12O6/c1-19-12(17)6-5-7-11(16)9(6)10-8(15)3-4-14(7,10)13(18)20-2/h3-5,7,9-10H,1-2H3/t7-,9-,10-,14-/m0/s1. The molecule has 0 saturated heterocycles. The fraction of sp³-hybridized carbons (Fsp3) is 0.429. The second-order valence-corrected chi connectivity index (χ2v) is 5.11. The van der Waals surface area contributed by atoms with Crippen LogP contribution in [-0.4, -0.2) is 37.7 Å². The average molecular weight is 276 g/mol. The topological polar surface area (TPSA) is 86.7 Å². The molecule has 6 nitrogen and oxygen atoms in total. The maximum absolute atomic E-state index is 12.3. The minimum atomic E-state index is -1.29. The number of hydrogen-bond acceptors (Lipinski definition) is 6. The van der Waals surface area contributed by atoms with Gasteiger partial charge in [0.05, 0.1) is 32.0 Å². The molecular weight excluding hydrogens is 264 g/mol. The lowest BCUT2D eigenvalue weighted by molar-refractivity contribution is -0.155. The fourth-order valence-corrected chi connectivity index (χ4v) is 3.64. The molecule has 6 heteroatoms. The Labute approximate surface area is 114 Å². The van der Waals surface area contributed by atoms with E-state index in [0.717, 1.165) is 0 Å². The molecule has 0 heterocycles. The molecule has 0 unspecified atom stereocenters. The molecule has 3 rings (SSSR count). The van der Waals surface area contributed by atoms with Crippen LogP contribution in [0, 0.1) is 23.2 Å². The molecule has 1 fully saturated rings. The molecule has 0 aliphatic heterocycles. The van der Waals surface area contributed by atoms with E-state index in [1.165, 1.54) is 32.4 Å². The minimum Gasteiger partial charge on any atom is -0.468 e. The number of methoxy groups -OCH3 is 2. The molecule has 0 aromatic heterocycles. The van der Waals surface area contributed by atoms with Crippen molar-refractivity contribution < 1.29 is 28.7 Å². The molecule has 0 amide bonds. The van der Waals surface area contributed by atoms with Crippen LogP contribution in [0.2, 0.25) is 0 Å². The zero-order valence-electron chi connectivity index (χ0n) is 10.9. The molecule has 0 aromatic rings. The summed E-state index contributed by atoms with van der Waals surface area (Å²) in [6.07, 6.45) is 4.18. The van der Waals surface area contributed by atoms with Crippen molar-refractivity contribution in [2.75, 3.05) is 14.2 Å². The first-order valence-corrected chi connectivity index (χ1v) is 6.14. The van der Waals surface area contributed by atoms with Gasteiger partial charge in [-0.15, -0.1) is 0 Å². The molecule has 4 atom stereocenters. The highest BCUT2D eigenvalue weighted by atomic mass is 16.5. The third-order valence-corrected chi connectivity index (χ3v) is 4.45. The van der Waals surface area contributed by atoms with Crippen molar-refractivity contribution in [1.29, 1.82) is 0 Å². The molecule has 0 radical (unpaired) electrons. The van der Waals surface area contributed by atoms with Crippen molar-refractivity contribution in [1.82, 2.24) is 0 Å². The van der Waals surface area contributed by atoms with Crippen LogP contribution in [0.3, 0.4) is 0 Å². The Balaban J connectivity index is 2.15. The SMILES string of the molecule is COC(=O)C1=C[C@H]2C(=O)[C@@H]1[C@@H]1C(=O)C=C[C@]21C(=O)OC. The Morgan fingerprint density at radius 1 is 1.20 bits per heavy atom. The number of ketones is 2. The number of carbonyl (C=O) groups excluding carboxylic acids is 4. The van der Waals surface area contributed by atoms with Crippen LogP contribution in [0.4, 0.5) is 0 Å². The van der Waals surface area contributed by atoms with Gasteiger partial charge >= 0.3 is 11.9 Å². The summed E-state index contributed by atoms with van der Waals surface area (Å²) in [5.41, 5.74) is -1.12. The second-order valence-electron chi connectivity index (χ2n) is 5.11. The molecule has 20 heavy (non-hydrogen) atoms. The Bertz CT molecular complexity index is 613. The normalized spacial score (nSPS) is 36.9. The zero-order chi connectivity index (χ0) is 14.7. The quantitative estimate of drug-likeness (QED) is 0.651. The third kappa shape index (κ3) is 1.19. The van der Waals surface area contributed by atoms with Gasteiger partial charge in [0.25, 0.3) is 0 Å². The van der Waals surface area contributed by atoms with Gasteiger partial charge in [0.15, 0.2) is 5.78 Å². The lowest BCUT2D eigenvalue weighted by atomic mass is 9.68. The molecule has 0 spiro atoms. The molecule has 1 saturated carbocycles. The van der Waals surface area contributed by atoms with Crippen LogP contribution >= 0.6 is 0 Å². The van der Waals surface area contributed by atoms with E-state index in [2.05, 4.69) is 4.74 Å². The van der Waals surface area contributed by atoms with Gasteiger partial charge in [0, 0.05) is 5.57 Å². The molecule has 2 bridgehead atoms. The van der Waals surface area contributed by atoms with Gasteiger partial charge in [-0.2, -0.15) is 0 Å². The van der Waals surface area contributed by atoms with Crippen LogP contribution in [0.5, 0.6) is 0 Å². The summed E-state index contributed by atoms with van der Waals surface area (Å²) in [5, 5.41) is 0. The van der Waals surface area contributed by atoms with Gasteiger partial charge in [-0.3, -0.25) is 14.4 Å². The molecule has 3 aliphatic rings. The average Bonchev–Trinajstić information content (AvgIpc) is 3.05. The van der Waals surface area contributed by atoms with E-state index in [-0.39, 0.29) is 17.1 Å². The molecular formula is C14H12O6. The van der Waals surface area contributed by atoms with E-state index in [9.17, 15) is 19.2 Å². The van der Waals surface area contributed by atoms with E-state index in [4.69, 9.17) is 4.74 Å². The number of carbonyl (C=O) groups is 4. The van der Waals surface area contributed by atoms with Gasteiger partial charge in [-0.25, -0.2) is 4.79 Å². The number of hydrogen-bond donors (Lipinski definition) is 0. The van der Waals surface area contributed by atoms with Gasteiger partial charge < -0.3 is 9.47 Å². The van der Waals surface area contributed by atoms with Crippen molar-refractivity contribution in [2.24, 2.45) is 23.2 Å². The largest absolute Gasteiger partial charge is 0.468 e. The lowest BCUT2D eigenvalue weighted by Gasteiger charge is -2.31. The Hall–Kier alpha value is -2.24. The van der Waals surface area contributed by atoms with Crippen LogP contribution in [0.15, 0.2) is 23.8 Å². The van der Waals surface area contributed by atoms with E-state index in [1.54, 1.807) is 0 Å². The Morgan fingerprint density at radius 2 is 1.90 bits per heavy atom. The molecule has 3 aliphatic carbocycles. The Morgan fingerprint density at radius 3 is 2.50 bits per heavy atom. The zero-order valence-corrected chi connectivity index (χ0v) is 10.9. The van der Waals surface area contributed by atoms with Crippen LogP contribution < -0.4 is 0 Å². The minimum absolute atomic E-state index is 0.170. The van der Waals surface area contributed by atoms with Crippen LogP contribution in [0.25, 0.3) is 0 Å². The van der Waals surface area contributed by atoms with E-state index < -0.39 is 35.1 Å². The van der Waals surface area contributed by atoms with E-state index in [1.807, 2.05) is 0 Å². The fourth-order valence-electron chi connectivity index (χ4n) is 3.64. The number of fused-ring (bicyclic) bond motifs is 5. The summed E-state index contributed by atoms with van der Waals surface area (Å²) >= 11 is 0. The first kappa shape index (κ1) is 12.8. The van der Waals surface area contributed by atoms with Crippen molar-refractivity contribution in [3.05, 3.63) is 23.8 Å². The van der Waals surface area contributed by atoms with Crippen molar-refractivity contribution in [2.45, 2.75) is 0 Å². The number of ether oxygens (including phenoxy) is 2. The first-order chi connectivity index (χ1) is 9.48. The highest BCUT2D eigenvalue weighted by molar-refractivity contribution is 6.16. The van der Waals surface area contributed by atoms with Crippen LogP contribution in [-0.2, 0) is 28.7 Å². The highest BCUT2D eigenvalue weighted by Gasteiger charge is 2.71. The summed E-state index contributed by atoms with van der Waals surface area (Å²) in [6.45, 7) is 0. The highest BCUT2D eigenvalue weighted by Crippen LogP contribution is 2.60. The van der Waals surface area contributed by atoms with Gasteiger partial charge in [-0.1, -0.05) is 12.2 Å². The predicted molar refractivity (Wildman–Crippen MR) is 64.2 cm³/mol. The monoisotopic (exact) mass is 276 g/mol. The maximum atomic E-state index is 12.3. The Kier molecular flexibility index (Phi) is 2.48. The van der Waals surface area contributed by atoms with Crippen LogP contribution in [0.1, 0.15) is 0 Å². The molecule has 104 valence electrons. The van der Waals surface area contributed by atoms with Crippen molar-refractivity contribution >= 4 is 23.5 Å². The lowest BCUT2D eigenvalue weighted by Crippen LogP contribution is -2.42. The molecule has 0 aromatic carbocycles. The van der Waals surface area contributed by atoms with Gasteiger partial charge in [0.2, 0.25) is 0 Å². The summed E-state index contributed by atoms with van der Waals surface area (Å²) in [6, 6.07) is 0. The molecule has 0 N–H and O–H groups in total. The summed E-state index contributed by atoms with van der Waals surface area (Å²) < 4.78 is 9.40. The van der Waals surface area contributed by atoms with E-state index in [0.29, 0.717) is 0 Å². The first-order valence-electron chi connectivity index (χ1n) is 6.14. The maximum Gasteiger partial charge on any atom is 0.334 e. The van der Waals surface area contributed by atoms with Crippen molar-refractivity contribution in [3.8, 4) is 0 Å². The smallest absolute Gasteiger partial charge is 0.334 e. The third-order valence-electron chi connectivity index (χ3n) is 4.45. The van der Waals surface area contributed by atoms with Gasteiger partial charge in [-0.05, 0) is 6.08 Å². The number of Topliss-reactive ketones (excluding diaryl/α,β-unsaturated/α-hetero) is 1.